The molecule has 4 atom stereocenters. The topological polar surface area (TPSA) is 36.9 Å². The third-order valence-corrected chi connectivity index (χ3v) is 52.3. The van der Waals surface area contributed by atoms with Crippen LogP contribution in [0.25, 0.3) is 67.4 Å². The van der Waals surface area contributed by atoms with Gasteiger partial charge in [-0.25, -0.2) is 0 Å². The normalized spacial score (nSPS) is 16.5. The first kappa shape index (κ1) is 95.2. The molecule has 16 rings (SSSR count). The van der Waals surface area contributed by atoms with E-state index in [9.17, 15) is 0 Å². The molecule has 0 bridgehead atoms. The van der Waals surface area contributed by atoms with Gasteiger partial charge in [0.05, 0.1) is 0 Å². The summed E-state index contributed by atoms with van der Waals surface area (Å²) < 4.78 is 26.8. The summed E-state index contributed by atoms with van der Waals surface area (Å²) in [6, 6.07) is 65.1. The quantitative estimate of drug-likeness (QED) is 0.0563. The summed E-state index contributed by atoms with van der Waals surface area (Å²) in [5, 5.41) is 16.9. The van der Waals surface area contributed by atoms with Gasteiger partial charge in [-0.3, -0.25) is 0 Å². The Morgan fingerprint density at radius 2 is 0.465 bits per heavy atom. The van der Waals surface area contributed by atoms with Crippen LogP contribution in [-0.2, 0) is 46.5 Å². The molecule has 127 heavy (non-hydrogen) atoms. The minimum absolute atomic E-state index is 0.152. The number of halogens is 2. The molecule has 0 N–H and O–H groups in total. The second kappa shape index (κ2) is 37.7. The Bertz CT molecular complexity index is 5580. The summed E-state index contributed by atoms with van der Waals surface area (Å²) in [6.07, 6.45) is 41.5. The molecule has 13 heteroatoms. The molecular formula is C114H134Cl2O4Si6Zr-4. The average Bonchev–Trinajstić information content (AvgIpc) is 1.59. The van der Waals surface area contributed by atoms with E-state index in [0.29, 0.717) is 0 Å². The van der Waals surface area contributed by atoms with E-state index < -0.39 is 71.7 Å². The molecule has 12 aromatic carbocycles. The Morgan fingerprint density at radius 1 is 0.283 bits per heavy atom. The molecule has 0 aromatic heterocycles. The first-order chi connectivity index (χ1) is 60.0. The second-order valence-corrected chi connectivity index (χ2v) is 68.9. The molecule has 4 aliphatic rings. The molecule has 0 amide bonds. The summed E-state index contributed by atoms with van der Waals surface area (Å²) in [5.41, 5.74) is 22.8. The van der Waals surface area contributed by atoms with Crippen LogP contribution in [0.4, 0.5) is 0 Å². The van der Waals surface area contributed by atoms with Gasteiger partial charge in [0.15, 0.2) is 0 Å². The Labute approximate surface area is 788 Å². The molecule has 2 radical (unpaired) electrons. The predicted octanol–water partition coefficient (Wildman–Crippen LogP) is 31.4. The molecule has 12 aromatic rings. The zero-order valence-corrected chi connectivity index (χ0v) is 90.4. The fraction of sp³-hybridized carbons (Fsp3) is 0.333. The number of hydrogen-bond acceptors (Lipinski definition) is 4. The van der Waals surface area contributed by atoms with E-state index in [1.54, 1.807) is 20.7 Å². The number of hydrogen-bond donors (Lipinski definition) is 0. The van der Waals surface area contributed by atoms with E-state index in [2.05, 4.69) is 443 Å². The van der Waals surface area contributed by atoms with Crippen molar-refractivity contribution in [3.63, 3.8) is 0 Å². The van der Waals surface area contributed by atoms with Crippen LogP contribution in [-0.4, -0.2) is 50.9 Å². The molecule has 0 saturated carbocycles. The molecule has 4 unspecified atom stereocenters. The zero-order valence-electron chi connectivity index (χ0n) is 80.4. The van der Waals surface area contributed by atoms with Crippen molar-refractivity contribution >= 4 is 156 Å². The summed E-state index contributed by atoms with van der Waals surface area (Å²) in [4.78, 5) is 0. The van der Waals surface area contributed by atoms with E-state index in [4.69, 9.17) is 34.7 Å². The minimum atomic E-state index is -1.93. The maximum atomic E-state index is 6.70. The van der Waals surface area contributed by atoms with Gasteiger partial charge >= 0.3 is 37.9 Å². The Morgan fingerprint density at radius 3 is 0.646 bits per heavy atom. The van der Waals surface area contributed by atoms with Gasteiger partial charge in [0.2, 0.25) is 33.3 Å². The van der Waals surface area contributed by atoms with Crippen LogP contribution in [0.2, 0.25) is 85.6 Å². The van der Waals surface area contributed by atoms with E-state index >= 15 is 0 Å². The SMILES string of the molecule is CCc1cc2c([c-]1[Si](C)[c-]1c(CC)cc3c1C=CC=CC3c1ccc3cc(O[Si](C)(C)C(C)(C)C)ccc3c1)C=CC=CC2c1ccc2cc(O[Si](C)(C)C(C)(C)C)ccc2c1.CCc1cc2c([c-]1[Si](C)[c-]1c(CC)cc3c1C=CC=CC3c1ccc3cc(O[Si](C)(C)C(C)(C)C)ccc3c1)C=CC=CC2c1ccc2cc(O[Si](C)(C)C(C)(C)C)ccc2c1.[Cl][Zr][Cl]. The van der Waals surface area contributed by atoms with Gasteiger partial charge in [-0.2, -0.15) is 68.8 Å². The van der Waals surface area contributed by atoms with Gasteiger partial charge in [0.25, 0.3) is 0 Å². The Kier molecular flexibility index (Phi) is 28.3. The van der Waals surface area contributed by atoms with E-state index in [1.165, 1.54) is 132 Å². The van der Waals surface area contributed by atoms with Crippen molar-refractivity contribution < 1.29 is 38.6 Å². The summed E-state index contributed by atoms with van der Waals surface area (Å²) >= 11 is -0.826. The third kappa shape index (κ3) is 19.7. The first-order valence-electron chi connectivity index (χ1n) is 46.3. The van der Waals surface area contributed by atoms with Crippen molar-refractivity contribution in [1.29, 1.82) is 0 Å². The maximum absolute atomic E-state index is 6.70. The summed E-state index contributed by atoms with van der Waals surface area (Å²) in [6.45, 7) is 60.7. The van der Waals surface area contributed by atoms with Gasteiger partial charge in [0, 0.05) is 17.6 Å². The van der Waals surface area contributed by atoms with Gasteiger partial charge in [-0.1, -0.05) is 270 Å². The molecule has 0 saturated heterocycles. The van der Waals surface area contributed by atoms with Gasteiger partial charge in [-0.05, 0) is 236 Å². The summed E-state index contributed by atoms with van der Waals surface area (Å²) in [7, 11) is -0.205. The van der Waals surface area contributed by atoms with Crippen molar-refractivity contribution in [2.24, 2.45) is 0 Å². The van der Waals surface area contributed by atoms with Crippen molar-refractivity contribution in [1.82, 2.24) is 0 Å². The van der Waals surface area contributed by atoms with Crippen molar-refractivity contribution in [3.8, 4) is 23.0 Å². The van der Waals surface area contributed by atoms with Gasteiger partial charge in [0.1, 0.15) is 23.0 Å². The molecule has 0 heterocycles. The molecule has 0 aliphatic heterocycles. The van der Waals surface area contributed by atoms with Crippen LogP contribution in [0.3, 0.4) is 0 Å². The third-order valence-electron chi connectivity index (χ3n) is 29.5. The van der Waals surface area contributed by atoms with Crippen LogP contribution in [0, 0.1) is 0 Å². The zero-order chi connectivity index (χ0) is 91.4. The number of fused-ring (bicyclic) bond motifs is 8. The first-order valence-corrected chi connectivity index (χ1v) is 68.2. The second-order valence-electron chi connectivity index (χ2n) is 41.8. The van der Waals surface area contributed by atoms with Crippen LogP contribution in [0.1, 0.15) is 223 Å². The Hall–Kier alpha value is -7.92. The Balaban J connectivity index is 0.000000200. The number of aryl methyl sites for hydroxylation is 4. The molecule has 660 valence electrons. The predicted molar refractivity (Wildman–Crippen MR) is 566 cm³/mol. The number of allylic oxidation sites excluding steroid dienone is 12. The molecular weight excluding hydrogens is 1760 g/mol. The van der Waals surface area contributed by atoms with Crippen LogP contribution in [0.15, 0.2) is 243 Å². The van der Waals surface area contributed by atoms with Gasteiger partial charge < -0.3 is 17.7 Å². The molecule has 4 aliphatic carbocycles. The molecule has 0 fully saturated rings. The van der Waals surface area contributed by atoms with Crippen LogP contribution < -0.4 is 38.5 Å². The van der Waals surface area contributed by atoms with Crippen molar-refractivity contribution in [3.05, 3.63) is 332 Å². The van der Waals surface area contributed by atoms with E-state index in [0.717, 1.165) is 48.7 Å². The van der Waals surface area contributed by atoms with Crippen LogP contribution >= 0.6 is 17.0 Å². The molecule has 4 nitrogen and oxygen atoms in total. The number of benzene rings is 8. The summed E-state index contributed by atoms with van der Waals surface area (Å²) in [5.74, 6) is 4.65. The molecule has 0 spiro atoms. The van der Waals surface area contributed by atoms with E-state index in [-0.39, 0.29) is 43.8 Å². The van der Waals surface area contributed by atoms with Crippen LogP contribution in [0.5, 0.6) is 23.0 Å². The fourth-order valence-corrected chi connectivity index (χ4v) is 28.2. The fourth-order valence-electron chi connectivity index (χ4n) is 18.2. The van der Waals surface area contributed by atoms with Crippen molar-refractivity contribution in [2.75, 3.05) is 0 Å². The van der Waals surface area contributed by atoms with Gasteiger partial charge in [-0.15, -0.1) is 91.6 Å². The standard InChI is InChI=1S/2C57H67O2Si3.2ClH.Zr/c2*1-14-38-36-52-48(44-26-24-42-34-46(30-28-40(42)32-44)58-61(10,11)56(3,4)5)20-16-18-22-50(52)54(38)60(9)55-39(15-2)37-53-49(21-17-19-23-51(53)55)45-27-25-43-35-47(31-29-41(43)33-45)59-62(12,13)57(6,7)8;;;/h2*16-37,48-49H,14-15H2,1-13H3;2*1H;/q2*-2;;;+2/p-2. The van der Waals surface area contributed by atoms with Crippen molar-refractivity contribution in [2.45, 2.75) is 246 Å². The number of rotatable bonds is 20. The van der Waals surface area contributed by atoms with E-state index in [1.807, 2.05) is 0 Å². The average molecular weight is 1900 g/mol. The monoisotopic (exact) mass is 1890 g/mol.